The number of piperidine rings is 1. The Labute approximate surface area is 143 Å². The smallest absolute Gasteiger partial charge is 0.260 e. The van der Waals surface area contributed by atoms with Gasteiger partial charge in [0, 0.05) is 24.5 Å². The first kappa shape index (κ1) is 17.6. The SMILES string of the molecule is CNC1CCN(C(=O)COc2cccc3ccccc23)CC1.Cl. The molecule has 2 aromatic rings. The van der Waals surface area contributed by atoms with E-state index in [1.54, 1.807) is 0 Å². The Bertz CT molecular complexity index is 649. The van der Waals surface area contributed by atoms with Gasteiger partial charge >= 0.3 is 0 Å². The van der Waals surface area contributed by atoms with Crippen LogP contribution in [0.3, 0.4) is 0 Å². The molecule has 1 amide bonds. The molecule has 3 rings (SSSR count). The van der Waals surface area contributed by atoms with Gasteiger partial charge in [-0.3, -0.25) is 4.79 Å². The maximum absolute atomic E-state index is 12.3. The lowest BCUT2D eigenvalue weighted by Crippen LogP contribution is -2.45. The number of hydrogen-bond acceptors (Lipinski definition) is 3. The van der Waals surface area contributed by atoms with Gasteiger partial charge in [0.15, 0.2) is 6.61 Å². The highest BCUT2D eigenvalue weighted by atomic mass is 35.5. The van der Waals surface area contributed by atoms with Crippen LogP contribution in [0.4, 0.5) is 0 Å². The fourth-order valence-electron chi connectivity index (χ4n) is 2.97. The number of carbonyl (C=O) groups excluding carboxylic acids is 1. The van der Waals surface area contributed by atoms with E-state index >= 15 is 0 Å². The van der Waals surface area contributed by atoms with Crippen molar-refractivity contribution in [1.29, 1.82) is 0 Å². The molecule has 0 unspecified atom stereocenters. The Morgan fingerprint density at radius 3 is 2.61 bits per heavy atom. The first-order valence-corrected chi connectivity index (χ1v) is 7.83. The quantitative estimate of drug-likeness (QED) is 0.934. The Morgan fingerprint density at radius 1 is 1.17 bits per heavy atom. The standard InChI is InChI=1S/C18H22N2O2.ClH/c1-19-15-9-11-20(12-10-15)18(21)13-22-17-8-4-6-14-5-2-3-7-16(14)17;/h2-8,15,19H,9-13H2,1H3;1H. The maximum atomic E-state index is 12.3. The molecule has 0 bridgehead atoms. The average molecular weight is 335 g/mol. The minimum Gasteiger partial charge on any atom is -0.483 e. The van der Waals surface area contributed by atoms with E-state index in [0.29, 0.717) is 6.04 Å². The first-order valence-electron chi connectivity index (χ1n) is 7.83. The number of likely N-dealkylation sites (tertiary alicyclic amines) is 1. The Balaban J connectivity index is 0.00000192. The third-order valence-corrected chi connectivity index (χ3v) is 4.36. The van der Waals surface area contributed by atoms with Crippen molar-refractivity contribution in [3.8, 4) is 5.75 Å². The predicted molar refractivity (Wildman–Crippen MR) is 95.4 cm³/mol. The van der Waals surface area contributed by atoms with Crippen LogP contribution in [0, 0.1) is 0 Å². The van der Waals surface area contributed by atoms with Gasteiger partial charge in [-0.2, -0.15) is 0 Å². The van der Waals surface area contributed by atoms with Crippen LogP contribution in [0.2, 0.25) is 0 Å². The summed E-state index contributed by atoms with van der Waals surface area (Å²) >= 11 is 0. The highest BCUT2D eigenvalue weighted by molar-refractivity contribution is 5.88. The summed E-state index contributed by atoms with van der Waals surface area (Å²) in [5.41, 5.74) is 0. The van der Waals surface area contributed by atoms with Crippen molar-refractivity contribution in [2.45, 2.75) is 18.9 Å². The third-order valence-electron chi connectivity index (χ3n) is 4.36. The molecule has 0 aliphatic carbocycles. The fraction of sp³-hybridized carbons (Fsp3) is 0.389. The zero-order valence-corrected chi connectivity index (χ0v) is 14.1. The van der Waals surface area contributed by atoms with Crippen LogP contribution < -0.4 is 10.1 Å². The number of amides is 1. The second-order valence-corrected chi connectivity index (χ2v) is 5.71. The third kappa shape index (κ3) is 4.15. The van der Waals surface area contributed by atoms with Crippen molar-refractivity contribution in [3.05, 3.63) is 42.5 Å². The Hall–Kier alpha value is -1.78. The van der Waals surface area contributed by atoms with E-state index in [0.717, 1.165) is 42.5 Å². The van der Waals surface area contributed by atoms with Crippen LogP contribution in [0.25, 0.3) is 10.8 Å². The van der Waals surface area contributed by atoms with Crippen LogP contribution in [-0.4, -0.2) is 43.6 Å². The summed E-state index contributed by atoms with van der Waals surface area (Å²) in [4.78, 5) is 14.2. The van der Waals surface area contributed by atoms with Crippen molar-refractivity contribution >= 4 is 29.1 Å². The van der Waals surface area contributed by atoms with Gasteiger partial charge in [0.2, 0.25) is 0 Å². The molecule has 1 aliphatic rings. The Morgan fingerprint density at radius 2 is 1.87 bits per heavy atom. The summed E-state index contributed by atoms with van der Waals surface area (Å²) < 4.78 is 5.78. The van der Waals surface area contributed by atoms with Gasteiger partial charge in [-0.25, -0.2) is 0 Å². The highest BCUT2D eigenvalue weighted by Gasteiger charge is 2.22. The van der Waals surface area contributed by atoms with Crippen molar-refractivity contribution < 1.29 is 9.53 Å². The lowest BCUT2D eigenvalue weighted by atomic mass is 10.1. The van der Waals surface area contributed by atoms with E-state index in [2.05, 4.69) is 5.32 Å². The number of carbonyl (C=O) groups is 1. The van der Waals surface area contributed by atoms with Crippen LogP contribution >= 0.6 is 12.4 Å². The molecule has 5 heteroatoms. The molecule has 0 aromatic heterocycles. The molecular formula is C18H23ClN2O2. The molecule has 0 radical (unpaired) electrons. The molecule has 1 saturated heterocycles. The van der Waals surface area contributed by atoms with Gasteiger partial charge in [0.05, 0.1) is 0 Å². The molecule has 1 fully saturated rings. The normalized spacial score (nSPS) is 15.3. The lowest BCUT2D eigenvalue weighted by Gasteiger charge is -2.31. The molecule has 2 aromatic carbocycles. The number of nitrogens with one attached hydrogen (secondary N) is 1. The molecular weight excluding hydrogens is 312 g/mol. The average Bonchev–Trinajstić information content (AvgIpc) is 2.59. The van der Waals surface area contributed by atoms with Crippen molar-refractivity contribution in [1.82, 2.24) is 10.2 Å². The van der Waals surface area contributed by atoms with E-state index in [1.165, 1.54) is 0 Å². The summed E-state index contributed by atoms with van der Waals surface area (Å²) in [6.45, 7) is 1.73. The maximum Gasteiger partial charge on any atom is 0.260 e. The van der Waals surface area contributed by atoms with Gasteiger partial charge in [0.1, 0.15) is 5.75 Å². The summed E-state index contributed by atoms with van der Waals surface area (Å²) in [7, 11) is 1.98. The fourth-order valence-corrected chi connectivity index (χ4v) is 2.97. The monoisotopic (exact) mass is 334 g/mol. The number of benzene rings is 2. The summed E-state index contributed by atoms with van der Waals surface area (Å²) in [5, 5.41) is 5.45. The zero-order valence-electron chi connectivity index (χ0n) is 13.3. The minimum atomic E-state index is 0. The lowest BCUT2D eigenvalue weighted by molar-refractivity contribution is -0.134. The molecule has 1 heterocycles. The largest absolute Gasteiger partial charge is 0.483 e. The number of rotatable bonds is 4. The highest BCUT2D eigenvalue weighted by Crippen LogP contribution is 2.25. The molecule has 1 N–H and O–H groups in total. The summed E-state index contributed by atoms with van der Waals surface area (Å²) in [6, 6.07) is 14.5. The number of ether oxygens (including phenoxy) is 1. The van der Waals surface area contributed by atoms with Gasteiger partial charge in [0.25, 0.3) is 5.91 Å². The van der Waals surface area contributed by atoms with Crippen LogP contribution in [0.15, 0.2) is 42.5 Å². The number of fused-ring (bicyclic) bond motifs is 1. The van der Waals surface area contributed by atoms with Gasteiger partial charge in [-0.15, -0.1) is 12.4 Å². The molecule has 0 saturated carbocycles. The summed E-state index contributed by atoms with van der Waals surface area (Å²) in [5.74, 6) is 0.846. The molecule has 0 atom stereocenters. The molecule has 0 spiro atoms. The van der Waals surface area contributed by atoms with Gasteiger partial charge in [-0.05, 0) is 31.3 Å². The van der Waals surface area contributed by atoms with Crippen molar-refractivity contribution in [2.75, 3.05) is 26.7 Å². The van der Waals surface area contributed by atoms with Crippen LogP contribution in [-0.2, 0) is 4.79 Å². The molecule has 4 nitrogen and oxygen atoms in total. The van der Waals surface area contributed by atoms with E-state index in [-0.39, 0.29) is 24.9 Å². The van der Waals surface area contributed by atoms with Gasteiger partial charge < -0.3 is 15.0 Å². The minimum absolute atomic E-state index is 0. The van der Waals surface area contributed by atoms with Gasteiger partial charge in [-0.1, -0.05) is 36.4 Å². The predicted octanol–water partition coefficient (Wildman–Crippen LogP) is 2.85. The second-order valence-electron chi connectivity index (χ2n) is 5.71. The Kier molecular flexibility index (Phi) is 6.25. The molecule has 124 valence electrons. The van der Waals surface area contributed by atoms with E-state index in [4.69, 9.17) is 4.74 Å². The summed E-state index contributed by atoms with van der Waals surface area (Å²) in [6.07, 6.45) is 2.02. The van der Waals surface area contributed by atoms with Crippen LogP contribution in [0.5, 0.6) is 5.75 Å². The van der Waals surface area contributed by atoms with E-state index in [9.17, 15) is 4.79 Å². The topological polar surface area (TPSA) is 41.6 Å². The van der Waals surface area contributed by atoms with Crippen LogP contribution in [0.1, 0.15) is 12.8 Å². The number of nitrogens with zero attached hydrogens (tertiary/aromatic N) is 1. The first-order chi connectivity index (χ1) is 10.8. The van der Waals surface area contributed by atoms with Crippen molar-refractivity contribution in [2.24, 2.45) is 0 Å². The van der Waals surface area contributed by atoms with E-state index in [1.807, 2.05) is 54.4 Å². The van der Waals surface area contributed by atoms with Crippen molar-refractivity contribution in [3.63, 3.8) is 0 Å². The number of hydrogen-bond donors (Lipinski definition) is 1. The number of halogens is 1. The second kappa shape index (κ2) is 8.18. The van der Waals surface area contributed by atoms with E-state index < -0.39 is 0 Å². The molecule has 23 heavy (non-hydrogen) atoms. The zero-order chi connectivity index (χ0) is 15.4. The molecule has 1 aliphatic heterocycles.